The van der Waals surface area contributed by atoms with E-state index in [0.717, 1.165) is 0 Å². The van der Waals surface area contributed by atoms with Crippen molar-refractivity contribution >= 4 is 0 Å². The van der Waals surface area contributed by atoms with E-state index < -0.39 is 36.8 Å². The van der Waals surface area contributed by atoms with Gasteiger partial charge in [-0.2, -0.15) is 0 Å². The summed E-state index contributed by atoms with van der Waals surface area (Å²) in [6, 6.07) is 0. The summed E-state index contributed by atoms with van der Waals surface area (Å²) in [5, 5.41) is 35.1. The maximum atomic E-state index is 12.7. The average Bonchev–Trinajstić information content (AvgIpc) is 2.08. The Morgan fingerprint density at radius 2 is 0.750 bits per heavy atom. The van der Waals surface area contributed by atoms with Crippen LogP contribution in [0.3, 0.4) is 0 Å². The molecule has 1 aliphatic carbocycles. The lowest BCUT2D eigenvalue weighted by Gasteiger charge is -2.36. The van der Waals surface area contributed by atoms with Gasteiger partial charge >= 0.3 is 0 Å². The molecule has 1 aliphatic rings. The highest BCUT2D eigenvalue weighted by Crippen LogP contribution is 2.25. The van der Waals surface area contributed by atoms with Crippen LogP contribution in [0.1, 0.15) is 0 Å². The third-order valence-corrected chi connectivity index (χ3v) is 2.00. The van der Waals surface area contributed by atoms with Crippen LogP contribution < -0.4 is 0 Å². The van der Waals surface area contributed by atoms with Gasteiger partial charge in [-0.05, 0) is 0 Å². The highest BCUT2D eigenvalue weighted by molar-refractivity contribution is 4.98. The van der Waals surface area contributed by atoms with E-state index in [2.05, 4.69) is 0 Å². The molecular formula is C6H10F2O4. The van der Waals surface area contributed by atoms with Gasteiger partial charge in [0, 0.05) is 0 Å². The molecule has 0 aliphatic heterocycles. The molecule has 1 saturated carbocycles. The molecule has 0 bridgehead atoms. The van der Waals surface area contributed by atoms with Crippen LogP contribution in [-0.4, -0.2) is 57.2 Å². The molecule has 1 rings (SSSR count). The van der Waals surface area contributed by atoms with Crippen LogP contribution in [0.4, 0.5) is 8.78 Å². The number of hydrogen-bond donors (Lipinski definition) is 4. The SMILES string of the molecule is O[C@@H]1C(F)[C@H](O)[C@@H](O)C(F)[C@H]1O. The van der Waals surface area contributed by atoms with Crippen LogP contribution in [0.15, 0.2) is 0 Å². The van der Waals surface area contributed by atoms with Crippen molar-refractivity contribution in [3.8, 4) is 0 Å². The summed E-state index contributed by atoms with van der Waals surface area (Å²) in [5.74, 6) is 0. The molecule has 0 aromatic carbocycles. The van der Waals surface area contributed by atoms with E-state index in [1.807, 2.05) is 0 Å². The van der Waals surface area contributed by atoms with Gasteiger partial charge in [0.25, 0.3) is 0 Å². The van der Waals surface area contributed by atoms with Crippen LogP contribution in [0.5, 0.6) is 0 Å². The summed E-state index contributed by atoms with van der Waals surface area (Å²) in [5.41, 5.74) is 0. The Hall–Kier alpha value is -0.300. The first-order chi connectivity index (χ1) is 5.46. The van der Waals surface area contributed by atoms with E-state index in [0.29, 0.717) is 0 Å². The van der Waals surface area contributed by atoms with Crippen molar-refractivity contribution in [3.05, 3.63) is 0 Å². The van der Waals surface area contributed by atoms with Gasteiger partial charge in [0.2, 0.25) is 0 Å². The zero-order chi connectivity index (χ0) is 9.46. The van der Waals surface area contributed by atoms with Crippen molar-refractivity contribution in [2.45, 2.75) is 36.8 Å². The second kappa shape index (κ2) is 3.21. The van der Waals surface area contributed by atoms with Crippen LogP contribution in [0.25, 0.3) is 0 Å². The first kappa shape index (κ1) is 9.79. The maximum Gasteiger partial charge on any atom is 0.157 e. The van der Waals surface area contributed by atoms with Crippen LogP contribution >= 0.6 is 0 Å². The minimum atomic E-state index is -2.22. The molecule has 4 N–H and O–H groups in total. The van der Waals surface area contributed by atoms with Crippen molar-refractivity contribution in [1.29, 1.82) is 0 Å². The number of alkyl halides is 2. The van der Waals surface area contributed by atoms with Gasteiger partial charge in [0.15, 0.2) is 12.3 Å². The Morgan fingerprint density at radius 1 is 0.583 bits per heavy atom. The Labute approximate surface area is 67.1 Å². The molecule has 1 fully saturated rings. The first-order valence-electron chi connectivity index (χ1n) is 3.47. The predicted octanol–water partition coefficient (Wildman–Crippen LogP) is -1.88. The van der Waals surface area contributed by atoms with Crippen molar-refractivity contribution in [2.24, 2.45) is 0 Å². The topological polar surface area (TPSA) is 80.9 Å². The lowest BCUT2D eigenvalue weighted by molar-refractivity contribution is -0.187. The molecule has 2 unspecified atom stereocenters. The van der Waals surface area contributed by atoms with Gasteiger partial charge in [0.05, 0.1) is 0 Å². The second-order valence-corrected chi connectivity index (χ2v) is 2.85. The summed E-state index contributed by atoms with van der Waals surface area (Å²) in [6.07, 6.45) is -12.4. The first-order valence-corrected chi connectivity index (χ1v) is 3.47. The molecule has 12 heavy (non-hydrogen) atoms. The Kier molecular flexibility index (Phi) is 2.62. The van der Waals surface area contributed by atoms with Crippen LogP contribution in [-0.2, 0) is 0 Å². The number of aliphatic hydroxyl groups excluding tert-OH is 4. The van der Waals surface area contributed by atoms with Crippen molar-refractivity contribution in [3.63, 3.8) is 0 Å². The summed E-state index contributed by atoms with van der Waals surface area (Å²) in [4.78, 5) is 0. The average molecular weight is 184 g/mol. The molecule has 0 heterocycles. The van der Waals surface area contributed by atoms with Crippen LogP contribution in [0.2, 0.25) is 0 Å². The zero-order valence-corrected chi connectivity index (χ0v) is 6.01. The number of hydrogen-bond acceptors (Lipinski definition) is 4. The largest absolute Gasteiger partial charge is 0.387 e. The third kappa shape index (κ3) is 1.31. The van der Waals surface area contributed by atoms with Gasteiger partial charge in [-0.15, -0.1) is 0 Å². The third-order valence-electron chi connectivity index (χ3n) is 2.00. The normalized spacial score (nSPS) is 55.5. The number of halogens is 2. The lowest BCUT2D eigenvalue weighted by Crippen LogP contribution is -2.60. The number of rotatable bonds is 0. The summed E-state index contributed by atoms with van der Waals surface area (Å²) in [6.45, 7) is 0. The van der Waals surface area contributed by atoms with Gasteiger partial charge < -0.3 is 20.4 Å². The maximum absolute atomic E-state index is 12.7. The second-order valence-electron chi connectivity index (χ2n) is 2.85. The molecule has 4 nitrogen and oxygen atoms in total. The van der Waals surface area contributed by atoms with Gasteiger partial charge in [-0.25, -0.2) is 8.78 Å². The highest BCUT2D eigenvalue weighted by atomic mass is 19.1. The Balaban J connectivity index is 2.76. The monoisotopic (exact) mass is 184 g/mol. The van der Waals surface area contributed by atoms with Crippen molar-refractivity contribution in [2.75, 3.05) is 0 Å². The quantitative estimate of drug-likeness (QED) is 0.355. The van der Waals surface area contributed by atoms with E-state index in [1.54, 1.807) is 0 Å². The minimum Gasteiger partial charge on any atom is -0.387 e. The number of aliphatic hydroxyl groups is 4. The summed E-state index contributed by atoms with van der Waals surface area (Å²) >= 11 is 0. The van der Waals surface area contributed by atoms with Crippen molar-refractivity contribution < 1.29 is 29.2 Å². The van der Waals surface area contributed by atoms with E-state index in [9.17, 15) is 8.78 Å². The zero-order valence-electron chi connectivity index (χ0n) is 6.01. The molecular weight excluding hydrogens is 174 g/mol. The van der Waals surface area contributed by atoms with Crippen LogP contribution in [0, 0.1) is 0 Å². The molecule has 0 saturated heterocycles. The molecule has 0 amide bonds. The smallest absolute Gasteiger partial charge is 0.157 e. The van der Waals surface area contributed by atoms with Gasteiger partial charge in [-0.1, -0.05) is 0 Å². The Bertz CT molecular complexity index is 109. The molecule has 0 aromatic heterocycles. The standard InChI is InChI=1S/C6H10F2O4/c7-1-3(9)5(11)2(8)6(12)4(1)10/h1-6,9-12H/t1?,2?,3-,4+,5-,6+. The lowest BCUT2D eigenvalue weighted by atomic mass is 9.87. The molecule has 0 radical (unpaired) electrons. The fourth-order valence-electron chi connectivity index (χ4n) is 1.16. The van der Waals surface area contributed by atoms with Crippen molar-refractivity contribution in [1.82, 2.24) is 0 Å². The molecule has 72 valence electrons. The molecule has 0 spiro atoms. The summed E-state index contributed by atoms with van der Waals surface area (Å²) in [7, 11) is 0. The van der Waals surface area contributed by atoms with Gasteiger partial charge in [0.1, 0.15) is 24.4 Å². The van der Waals surface area contributed by atoms with E-state index in [1.165, 1.54) is 0 Å². The molecule has 0 aromatic rings. The van der Waals surface area contributed by atoms with E-state index in [4.69, 9.17) is 20.4 Å². The Morgan fingerprint density at radius 3 is 0.917 bits per heavy atom. The van der Waals surface area contributed by atoms with E-state index in [-0.39, 0.29) is 0 Å². The summed E-state index contributed by atoms with van der Waals surface area (Å²) < 4.78 is 25.3. The molecule has 6 atom stereocenters. The fourth-order valence-corrected chi connectivity index (χ4v) is 1.16. The molecule has 6 heteroatoms. The minimum absolute atomic E-state index is 1.99. The van der Waals surface area contributed by atoms with Gasteiger partial charge in [-0.3, -0.25) is 0 Å². The van der Waals surface area contributed by atoms with E-state index >= 15 is 0 Å². The predicted molar refractivity (Wildman–Crippen MR) is 33.8 cm³/mol. The fraction of sp³-hybridized carbons (Fsp3) is 1.00. The highest BCUT2D eigenvalue weighted by Gasteiger charge is 2.49.